The van der Waals surface area contributed by atoms with Gasteiger partial charge in [-0.05, 0) is 31.7 Å². The lowest BCUT2D eigenvalue weighted by atomic mass is 9.91. The minimum Gasteiger partial charge on any atom is -0.340 e. The van der Waals surface area contributed by atoms with Crippen molar-refractivity contribution in [2.45, 2.75) is 57.7 Å². The van der Waals surface area contributed by atoms with Gasteiger partial charge in [0.15, 0.2) is 0 Å². The second-order valence-corrected chi connectivity index (χ2v) is 8.30. The number of hydrogen-bond acceptors (Lipinski definition) is 5. The van der Waals surface area contributed by atoms with Gasteiger partial charge in [-0.2, -0.15) is 13.2 Å². The average Bonchev–Trinajstić information content (AvgIpc) is 3.41. The van der Waals surface area contributed by atoms with Crippen molar-refractivity contribution in [3.63, 3.8) is 0 Å². The number of alkyl halides is 3. The molecule has 4 rings (SSSR count). The lowest BCUT2D eigenvalue weighted by Crippen LogP contribution is -2.42. The second kappa shape index (κ2) is 7.97. The lowest BCUT2D eigenvalue weighted by Gasteiger charge is -2.34. The zero-order valence-electron chi connectivity index (χ0n) is 17.6. The highest BCUT2D eigenvalue weighted by atomic mass is 19.4. The van der Waals surface area contributed by atoms with E-state index in [0.29, 0.717) is 25.1 Å². The SMILES string of the molecule is CC(C)c1cc(C(F)(F)F)c2c([C@@H]3CCCN(C(=O)[C@H](C)n4ccnc4)C3)noc2n1. The van der Waals surface area contributed by atoms with E-state index in [1.54, 1.807) is 49.0 Å². The van der Waals surface area contributed by atoms with Crippen LogP contribution in [0.25, 0.3) is 11.1 Å². The molecule has 1 aliphatic rings. The number of carbonyl (C=O) groups is 1. The van der Waals surface area contributed by atoms with Crippen LogP contribution in [-0.2, 0) is 11.0 Å². The Bertz CT molecular complexity index is 1070. The standard InChI is InChI=1S/C21H24F3N5O2/c1-12(2)16-9-15(21(22,23)24)17-18(27-31-19(17)26-16)14-5-4-7-28(10-14)20(30)13(3)29-8-6-25-11-29/h6,8-9,11-14H,4-5,7,10H2,1-3H3/t13-,14+/m0/s1. The molecular formula is C21H24F3N5O2. The highest BCUT2D eigenvalue weighted by Gasteiger charge is 2.39. The Morgan fingerprint density at radius 2 is 2.06 bits per heavy atom. The minimum absolute atomic E-state index is 0.0983. The third kappa shape index (κ3) is 4.03. The number of amides is 1. The van der Waals surface area contributed by atoms with Crippen LogP contribution >= 0.6 is 0 Å². The first kappa shape index (κ1) is 21.3. The number of carbonyl (C=O) groups excluding carboxylic acids is 1. The van der Waals surface area contributed by atoms with Gasteiger partial charge in [0.05, 0.1) is 23.0 Å². The van der Waals surface area contributed by atoms with Gasteiger partial charge < -0.3 is 14.0 Å². The molecule has 7 nitrogen and oxygen atoms in total. The van der Waals surface area contributed by atoms with E-state index in [1.165, 1.54) is 0 Å². The van der Waals surface area contributed by atoms with Crippen LogP contribution in [0.4, 0.5) is 13.2 Å². The first-order valence-electron chi connectivity index (χ1n) is 10.3. The van der Waals surface area contributed by atoms with Crippen molar-refractivity contribution in [1.29, 1.82) is 0 Å². The maximum Gasteiger partial charge on any atom is 0.417 e. The topological polar surface area (TPSA) is 77.0 Å². The summed E-state index contributed by atoms with van der Waals surface area (Å²) in [6.45, 7) is 6.16. The highest BCUT2D eigenvalue weighted by Crippen LogP contribution is 2.41. The highest BCUT2D eigenvalue weighted by molar-refractivity contribution is 5.83. The minimum atomic E-state index is -4.56. The molecule has 1 fully saturated rings. The van der Waals surface area contributed by atoms with Gasteiger partial charge in [0.2, 0.25) is 5.91 Å². The predicted octanol–water partition coefficient (Wildman–Crippen LogP) is 4.53. The summed E-state index contributed by atoms with van der Waals surface area (Å²) < 4.78 is 48.6. The van der Waals surface area contributed by atoms with Crippen LogP contribution in [0.5, 0.6) is 0 Å². The van der Waals surface area contributed by atoms with Crippen LogP contribution in [0.2, 0.25) is 0 Å². The van der Waals surface area contributed by atoms with Crippen LogP contribution in [0.15, 0.2) is 29.3 Å². The molecule has 1 saturated heterocycles. The van der Waals surface area contributed by atoms with Gasteiger partial charge in [0.25, 0.3) is 5.71 Å². The fourth-order valence-electron chi connectivity index (χ4n) is 4.08. The van der Waals surface area contributed by atoms with Gasteiger partial charge in [0.1, 0.15) is 6.04 Å². The van der Waals surface area contributed by atoms with E-state index >= 15 is 0 Å². The van der Waals surface area contributed by atoms with E-state index in [9.17, 15) is 18.0 Å². The molecule has 0 bridgehead atoms. The second-order valence-electron chi connectivity index (χ2n) is 8.30. The molecule has 10 heteroatoms. The third-order valence-corrected chi connectivity index (χ3v) is 5.84. The molecule has 3 aromatic heterocycles. The molecule has 0 saturated carbocycles. The van der Waals surface area contributed by atoms with Crippen LogP contribution in [0.3, 0.4) is 0 Å². The van der Waals surface area contributed by atoms with Crippen molar-refractivity contribution in [3.05, 3.63) is 41.7 Å². The fraction of sp³-hybridized carbons (Fsp3) is 0.524. The number of halogens is 3. The average molecular weight is 435 g/mol. The van der Waals surface area contributed by atoms with E-state index in [-0.39, 0.29) is 41.1 Å². The van der Waals surface area contributed by atoms with Gasteiger partial charge in [-0.3, -0.25) is 4.79 Å². The number of rotatable bonds is 4. The molecule has 3 aromatic rings. The van der Waals surface area contributed by atoms with Crippen LogP contribution in [0, 0.1) is 0 Å². The van der Waals surface area contributed by atoms with Crippen molar-refractivity contribution >= 4 is 17.0 Å². The Kier molecular flexibility index (Phi) is 5.49. The van der Waals surface area contributed by atoms with Crippen molar-refractivity contribution in [1.82, 2.24) is 24.6 Å². The first-order chi connectivity index (χ1) is 14.7. The van der Waals surface area contributed by atoms with Crippen molar-refractivity contribution in [2.75, 3.05) is 13.1 Å². The van der Waals surface area contributed by atoms with E-state index in [2.05, 4.69) is 15.1 Å². The van der Waals surface area contributed by atoms with E-state index in [1.807, 2.05) is 0 Å². The number of piperidine rings is 1. The summed E-state index contributed by atoms with van der Waals surface area (Å²) in [4.78, 5) is 22.9. The maximum atomic E-state index is 13.9. The molecular weight excluding hydrogens is 411 g/mol. The van der Waals surface area contributed by atoms with Gasteiger partial charge >= 0.3 is 6.18 Å². The Hall–Kier alpha value is -2.91. The van der Waals surface area contributed by atoms with E-state index in [0.717, 1.165) is 6.07 Å². The van der Waals surface area contributed by atoms with Crippen LogP contribution in [-0.4, -0.2) is 43.6 Å². The van der Waals surface area contributed by atoms with Gasteiger partial charge in [-0.15, -0.1) is 0 Å². The number of pyridine rings is 1. The van der Waals surface area contributed by atoms with Gasteiger partial charge in [0, 0.05) is 37.1 Å². The zero-order chi connectivity index (χ0) is 22.3. The Morgan fingerprint density at radius 1 is 1.29 bits per heavy atom. The number of fused-ring (bicyclic) bond motifs is 1. The largest absolute Gasteiger partial charge is 0.417 e. The third-order valence-electron chi connectivity index (χ3n) is 5.84. The number of likely N-dealkylation sites (tertiary alicyclic amines) is 1. The summed E-state index contributed by atoms with van der Waals surface area (Å²) in [6, 6.07) is 0.636. The molecule has 4 heterocycles. The summed E-state index contributed by atoms with van der Waals surface area (Å²) in [5.74, 6) is -0.653. The lowest BCUT2D eigenvalue weighted by molar-refractivity contribution is -0.137. The Labute approximate surface area is 177 Å². The van der Waals surface area contributed by atoms with Crippen LogP contribution in [0.1, 0.15) is 68.4 Å². The number of aromatic nitrogens is 4. The summed E-state index contributed by atoms with van der Waals surface area (Å²) in [5, 5.41) is 3.89. The molecule has 0 unspecified atom stereocenters. The van der Waals surface area contributed by atoms with E-state index < -0.39 is 17.8 Å². The molecule has 0 aliphatic carbocycles. The summed E-state index contributed by atoms with van der Waals surface area (Å²) >= 11 is 0. The summed E-state index contributed by atoms with van der Waals surface area (Å²) in [7, 11) is 0. The van der Waals surface area contributed by atoms with Crippen LogP contribution < -0.4 is 0 Å². The molecule has 2 atom stereocenters. The molecule has 166 valence electrons. The summed E-state index contributed by atoms with van der Waals surface area (Å²) in [6.07, 6.45) is 1.60. The zero-order valence-corrected chi connectivity index (χ0v) is 17.6. The Morgan fingerprint density at radius 3 is 2.71 bits per heavy atom. The number of imidazole rings is 1. The normalized spacial score (nSPS) is 18.7. The Balaban J connectivity index is 1.68. The summed E-state index contributed by atoms with van der Waals surface area (Å²) in [5.41, 5.74) is -0.369. The van der Waals surface area contributed by atoms with Gasteiger partial charge in [-0.1, -0.05) is 19.0 Å². The quantitative estimate of drug-likeness (QED) is 0.602. The molecule has 0 aromatic carbocycles. The fourth-order valence-corrected chi connectivity index (χ4v) is 4.08. The number of hydrogen-bond donors (Lipinski definition) is 0. The number of nitrogens with zero attached hydrogens (tertiary/aromatic N) is 5. The molecule has 0 N–H and O–H groups in total. The first-order valence-corrected chi connectivity index (χ1v) is 10.3. The van der Waals surface area contributed by atoms with Gasteiger partial charge in [-0.25, -0.2) is 9.97 Å². The molecule has 1 amide bonds. The monoisotopic (exact) mass is 435 g/mol. The van der Waals surface area contributed by atoms with Crippen molar-refractivity contribution in [3.8, 4) is 0 Å². The molecule has 1 aliphatic heterocycles. The molecule has 0 radical (unpaired) electrons. The van der Waals surface area contributed by atoms with E-state index in [4.69, 9.17) is 4.52 Å². The maximum absolute atomic E-state index is 13.9. The van der Waals surface area contributed by atoms with Crippen molar-refractivity contribution in [2.24, 2.45) is 0 Å². The smallest absolute Gasteiger partial charge is 0.340 e. The molecule has 31 heavy (non-hydrogen) atoms. The predicted molar refractivity (Wildman–Crippen MR) is 106 cm³/mol. The van der Waals surface area contributed by atoms with Crippen molar-refractivity contribution < 1.29 is 22.5 Å². The molecule has 0 spiro atoms.